The van der Waals surface area contributed by atoms with Gasteiger partial charge in [-0.3, -0.25) is 48.6 Å². The molecule has 0 radical (unpaired) electrons. The molecule has 22 heteroatoms. The van der Waals surface area contributed by atoms with Crippen LogP contribution >= 0.6 is 0 Å². The quantitative estimate of drug-likeness (QED) is 0.0658. The first kappa shape index (κ1) is 45.0. The highest BCUT2D eigenvalue weighted by Gasteiger charge is 2.45. The van der Waals surface area contributed by atoms with E-state index in [1.54, 1.807) is 61.5 Å². The zero-order chi connectivity index (χ0) is 45.9. The number of carbonyl (C=O) groups excluding carboxylic acids is 4. The molecule has 1 aromatic carbocycles. The van der Waals surface area contributed by atoms with E-state index in [4.69, 9.17) is 21.2 Å². The van der Waals surface area contributed by atoms with Crippen LogP contribution in [0.15, 0.2) is 48.7 Å². The molecule has 1 aliphatic heterocycles. The van der Waals surface area contributed by atoms with Gasteiger partial charge in [-0.05, 0) is 83.8 Å². The van der Waals surface area contributed by atoms with Crippen LogP contribution in [0.1, 0.15) is 86.2 Å². The first-order chi connectivity index (χ1) is 30.6. The maximum absolute atomic E-state index is 14.5. The first-order valence-electron chi connectivity index (χ1n) is 20.8. The maximum Gasteiger partial charge on any atom is 0.370 e. The lowest BCUT2D eigenvalue weighted by Gasteiger charge is -2.29. The van der Waals surface area contributed by atoms with Gasteiger partial charge in [0.05, 0.1) is 29.1 Å². The average Bonchev–Trinajstić information content (AvgIpc) is 4.10. The van der Waals surface area contributed by atoms with Crippen molar-refractivity contribution in [1.82, 2.24) is 48.5 Å². The normalized spacial score (nSPS) is 14.6. The Morgan fingerprint density at radius 3 is 2.02 bits per heavy atom. The number of alkyl halides is 2. The highest BCUT2D eigenvalue weighted by Crippen LogP contribution is 2.34. The van der Waals surface area contributed by atoms with Crippen molar-refractivity contribution in [2.24, 2.45) is 11.5 Å². The van der Waals surface area contributed by atoms with Crippen molar-refractivity contribution in [3.05, 3.63) is 82.6 Å². The molecule has 4 amide bonds. The number of hydrogen-bond acceptors (Lipinski definition) is 12. The van der Waals surface area contributed by atoms with E-state index in [9.17, 15) is 28.0 Å². The van der Waals surface area contributed by atoms with Crippen LogP contribution in [0, 0.1) is 13.8 Å². The minimum Gasteiger partial charge on any atom is -0.491 e. The number of aromatic nitrogens is 9. The zero-order valence-corrected chi connectivity index (χ0v) is 36.1. The molecule has 1 saturated heterocycles. The van der Waals surface area contributed by atoms with Crippen molar-refractivity contribution in [3.63, 3.8) is 0 Å². The van der Waals surface area contributed by atoms with Crippen LogP contribution in [0.4, 0.5) is 20.7 Å². The van der Waals surface area contributed by atoms with E-state index in [2.05, 4.69) is 35.5 Å². The monoisotopic (exact) mass is 884 g/mol. The Balaban J connectivity index is 1.22. The summed E-state index contributed by atoms with van der Waals surface area (Å²) in [4.78, 5) is 67.3. The van der Waals surface area contributed by atoms with Crippen molar-refractivity contribution >= 4 is 57.7 Å². The largest absolute Gasteiger partial charge is 0.491 e. The number of ether oxygens (including phenoxy) is 2. The summed E-state index contributed by atoms with van der Waals surface area (Å²) in [7, 11) is 0.993. The molecule has 0 unspecified atom stereocenters. The Labute approximate surface area is 365 Å². The number of likely N-dealkylation sites (tertiary alicyclic amines) is 1. The van der Waals surface area contributed by atoms with Crippen molar-refractivity contribution in [3.8, 4) is 5.75 Å². The molecule has 20 nitrogen and oxygen atoms in total. The van der Waals surface area contributed by atoms with Crippen LogP contribution in [0.25, 0.3) is 22.2 Å². The van der Waals surface area contributed by atoms with Gasteiger partial charge in [0.15, 0.2) is 5.65 Å². The van der Waals surface area contributed by atoms with Crippen LogP contribution in [-0.2, 0) is 30.9 Å². The van der Waals surface area contributed by atoms with Gasteiger partial charge >= 0.3 is 6.11 Å². The second-order valence-corrected chi connectivity index (χ2v) is 15.2. The van der Waals surface area contributed by atoms with E-state index in [0.29, 0.717) is 84.9 Å². The van der Waals surface area contributed by atoms with Crippen molar-refractivity contribution in [2.45, 2.75) is 85.3 Å². The number of hydrogen-bond donors (Lipinski definition) is 4. The molecule has 64 heavy (non-hydrogen) atoms. The summed E-state index contributed by atoms with van der Waals surface area (Å²) >= 11 is 0. The average molecular weight is 885 g/mol. The number of halogens is 2. The number of rotatable bonds is 19. The van der Waals surface area contributed by atoms with Gasteiger partial charge in [0.2, 0.25) is 23.7 Å². The van der Waals surface area contributed by atoms with Gasteiger partial charge in [-0.2, -0.15) is 19.0 Å². The smallest absolute Gasteiger partial charge is 0.370 e. The van der Waals surface area contributed by atoms with Crippen LogP contribution in [-0.4, -0.2) is 111 Å². The standard InChI is InChI=1S/C42H50F2N14O6/c1-6-57-30(18-24(3)52-57)38(61)50-40-48-28-20-26(35(45)59)22-32(64-17-11-14-54-13-10-12-33(54)42(43,44)63-5)34(28)55(40)15-8-9-16-56-37-29(21-27(23-47-37)36(46)60)49-41(56)51-39(62)31-19-25(4)53-58(31)7-2/h8-9,18-23,33H,6-7,10-17H2,1-5H3,(H2,45,59)(H2,46,60)(H,48,50,61)(H,49,51,62)/b9-8+/t33-/m0/s1. The molecule has 338 valence electrons. The molecule has 1 atom stereocenters. The minimum atomic E-state index is -3.29. The van der Waals surface area contributed by atoms with Crippen molar-refractivity contribution in [1.29, 1.82) is 0 Å². The number of methoxy groups -OCH3 is 1. The molecule has 0 saturated carbocycles. The number of fused-ring (bicyclic) bond motifs is 2. The third-order valence-corrected chi connectivity index (χ3v) is 10.9. The van der Waals surface area contributed by atoms with Gasteiger partial charge in [0.25, 0.3) is 11.8 Å². The number of aryl methyl sites for hydroxylation is 4. The highest BCUT2D eigenvalue weighted by atomic mass is 19.3. The summed E-state index contributed by atoms with van der Waals surface area (Å²) in [6.45, 7) is 9.27. The highest BCUT2D eigenvalue weighted by molar-refractivity contribution is 6.05. The zero-order valence-electron chi connectivity index (χ0n) is 36.1. The SMILES string of the molecule is CCn1nc(C)cc1C(=O)Nc1nc2cc(C(N)=O)cnc2n1C/C=C/Cn1c(NC(=O)c2cc(C)nn2CC)nc2cc(C(N)=O)cc(OCCCN3CCC[C@H]3C(F)(F)OC)c21. The van der Waals surface area contributed by atoms with E-state index in [1.165, 1.54) is 24.4 Å². The molecular weight excluding hydrogens is 835 g/mol. The molecule has 6 aromatic rings. The molecule has 0 spiro atoms. The van der Waals surface area contributed by atoms with E-state index >= 15 is 0 Å². The number of anilines is 2. The number of imidazole rings is 2. The summed E-state index contributed by atoms with van der Waals surface area (Å²) in [6.07, 6.45) is 2.88. The van der Waals surface area contributed by atoms with E-state index < -0.39 is 35.8 Å². The Morgan fingerprint density at radius 1 is 0.844 bits per heavy atom. The van der Waals surface area contributed by atoms with Crippen LogP contribution < -0.4 is 26.8 Å². The van der Waals surface area contributed by atoms with Crippen LogP contribution in [0.3, 0.4) is 0 Å². The van der Waals surface area contributed by atoms with Crippen LogP contribution in [0.2, 0.25) is 0 Å². The Morgan fingerprint density at radius 2 is 1.42 bits per heavy atom. The van der Waals surface area contributed by atoms with E-state index in [0.717, 1.165) is 7.11 Å². The van der Waals surface area contributed by atoms with Gasteiger partial charge in [0, 0.05) is 51.6 Å². The van der Waals surface area contributed by atoms with Gasteiger partial charge in [-0.15, -0.1) is 0 Å². The number of allylic oxidation sites excluding steroid dienone is 2. The van der Waals surface area contributed by atoms with Crippen molar-refractivity contribution in [2.75, 3.05) is 37.4 Å². The number of nitrogens with one attached hydrogen (secondary N) is 2. The lowest BCUT2D eigenvalue weighted by atomic mass is 10.1. The van der Waals surface area contributed by atoms with Crippen molar-refractivity contribution < 1.29 is 37.4 Å². The Hall–Kier alpha value is -7.07. The molecular formula is C42H50F2N14O6. The van der Waals surface area contributed by atoms with E-state index in [1.807, 2.05) is 13.8 Å². The second kappa shape index (κ2) is 18.7. The van der Waals surface area contributed by atoms with E-state index in [-0.39, 0.29) is 54.0 Å². The lowest BCUT2D eigenvalue weighted by Crippen LogP contribution is -2.45. The third kappa shape index (κ3) is 9.32. The fraction of sp³-hybridized carbons (Fsp3) is 0.405. The number of pyridine rings is 1. The fourth-order valence-electron chi connectivity index (χ4n) is 7.86. The predicted octanol–water partition coefficient (Wildman–Crippen LogP) is 4.26. The molecule has 7 rings (SSSR count). The number of benzene rings is 1. The summed E-state index contributed by atoms with van der Waals surface area (Å²) in [6, 6.07) is 6.72. The lowest BCUT2D eigenvalue weighted by molar-refractivity contribution is -0.254. The molecule has 0 bridgehead atoms. The summed E-state index contributed by atoms with van der Waals surface area (Å²) in [5, 5.41) is 14.5. The topological polar surface area (TPSA) is 250 Å². The van der Waals surface area contributed by atoms with Gasteiger partial charge in [-0.25, -0.2) is 15.0 Å². The molecule has 1 aliphatic rings. The number of primary amides is 2. The summed E-state index contributed by atoms with van der Waals surface area (Å²) < 4.78 is 46.3. The molecule has 6 heterocycles. The molecule has 5 aromatic heterocycles. The maximum atomic E-state index is 14.5. The number of carbonyl (C=O) groups is 4. The predicted molar refractivity (Wildman–Crippen MR) is 231 cm³/mol. The molecule has 6 N–H and O–H groups in total. The van der Waals surface area contributed by atoms with Crippen LogP contribution in [0.5, 0.6) is 5.75 Å². The summed E-state index contributed by atoms with van der Waals surface area (Å²) in [5.74, 6) is -1.89. The minimum absolute atomic E-state index is 0.0854. The number of amides is 4. The van der Waals surface area contributed by atoms with Gasteiger partial charge < -0.3 is 25.5 Å². The fourth-order valence-corrected chi connectivity index (χ4v) is 7.86. The number of nitrogens with two attached hydrogens (primary N) is 2. The Kier molecular flexibility index (Phi) is 13.2. The second-order valence-electron chi connectivity index (χ2n) is 15.2. The number of nitrogens with zero attached hydrogens (tertiary/aromatic N) is 10. The summed E-state index contributed by atoms with van der Waals surface area (Å²) in [5.41, 5.74) is 14.8. The van der Waals surface area contributed by atoms with Gasteiger partial charge in [-0.1, -0.05) is 12.2 Å². The Bertz CT molecular complexity index is 2770. The third-order valence-electron chi connectivity index (χ3n) is 10.9. The van der Waals surface area contributed by atoms with Gasteiger partial charge in [0.1, 0.15) is 34.2 Å². The first-order valence-corrected chi connectivity index (χ1v) is 20.8. The molecule has 1 fully saturated rings. The molecule has 0 aliphatic carbocycles.